The SMILES string of the molecule is CCc1ccnc(OC)c1-c1cc2ccc(NC(=O)C(F)(F)F)cc2[nH]1. The largest absolute Gasteiger partial charge is 0.480 e. The Labute approximate surface area is 147 Å². The lowest BCUT2D eigenvalue weighted by Crippen LogP contribution is -2.29. The highest BCUT2D eigenvalue weighted by molar-refractivity contribution is 5.97. The highest BCUT2D eigenvalue weighted by Crippen LogP contribution is 2.34. The Bertz CT molecular complexity index is 942. The molecule has 0 bridgehead atoms. The zero-order valence-electron chi connectivity index (χ0n) is 14.1. The second-order valence-electron chi connectivity index (χ2n) is 5.64. The van der Waals surface area contributed by atoms with Crippen molar-refractivity contribution in [2.45, 2.75) is 19.5 Å². The summed E-state index contributed by atoms with van der Waals surface area (Å²) in [5.41, 5.74) is 3.21. The second-order valence-corrected chi connectivity index (χ2v) is 5.64. The number of nitrogens with zero attached hydrogens (tertiary/aromatic N) is 1. The minimum atomic E-state index is -4.94. The van der Waals surface area contributed by atoms with Gasteiger partial charge in [0.25, 0.3) is 0 Å². The lowest BCUT2D eigenvalue weighted by Gasteiger charge is -2.10. The quantitative estimate of drug-likeness (QED) is 0.726. The Balaban J connectivity index is 2.02. The number of pyridine rings is 1. The molecule has 2 aromatic heterocycles. The number of benzene rings is 1. The van der Waals surface area contributed by atoms with E-state index in [9.17, 15) is 18.0 Å². The van der Waals surface area contributed by atoms with Crippen molar-refractivity contribution in [3.63, 3.8) is 0 Å². The van der Waals surface area contributed by atoms with Crippen LogP contribution in [0.2, 0.25) is 0 Å². The fourth-order valence-corrected chi connectivity index (χ4v) is 2.76. The van der Waals surface area contributed by atoms with Crippen molar-refractivity contribution in [3.05, 3.63) is 42.1 Å². The van der Waals surface area contributed by atoms with Crippen LogP contribution in [0.3, 0.4) is 0 Å². The summed E-state index contributed by atoms with van der Waals surface area (Å²) in [4.78, 5) is 18.5. The molecule has 136 valence electrons. The van der Waals surface area contributed by atoms with Gasteiger partial charge in [0, 0.05) is 22.8 Å². The number of carbonyl (C=O) groups excluding carboxylic acids is 1. The average Bonchev–Trinajstić information content (AvgIpc) is 3.02. The van der Waals surface area contributed by atoms with E-state index in [4.69, 9.17) is 4.74 Å². The van der Waals surface area contributed by atoms with Gasteiger partial charge in [-0.15, -0.1) is 0 Å². The van der Waals surface area contributed by atoms with E-state index in [2.05, 4.69) is 9.97 Å². The summed E-state index contributed by atoms with van der Waals surface area (Å²) < 4.78 is 42.5. The molecular formula is C18H16F3N3O2. The number of ether oxygens (including phenoxy) is 1. The molecule has 0 atom stereocenters. The zero-order chi connectivity index (χ0) is 18.9. The standard InChI is InChI=1S/C18H16F3N3O2/c1-3-10-6-7-22-16(26-2)15(10)14-8-11-4-5-12(9-13(11)24-14)23-17(25)18(19,20)21/h4-9,24H,3H2,1-2H3,(H,23,25). The maximum atomic E-state index is 12.4. The van der Waals surface area contributed by atoms with E-state index in [1.165, 1.54) is 19.2 Å². The molecule has 26 heavy (non-hydrogen) atoms. The van der Waals surface area contributed by atoms with Crippen molar-refractivity contribution in [2.24, 2.45) is 0 Å². The first-order chi connectivity index (χ1) is 12.3. The van der Waals surface area contributed by atoms with Gasteiger partial charge in [0.15, 0.2) is 0 Å². The number of H-pyrrole nitrogens is 1. The first-order valence-corrected chi connectivity index (χ1v) is 7.86. The summed E-state index contributed by atoms with van der Waals surface area (Å²) in [6.45, 7) is 2.01. The van der Waals surface area contributed by atoms with Gasteiger partial charge < -0.3 is 15.0 Å². The van der Waals surface area contributed by atoms with Crippen molar-refractivity contribution in [1.29, 1.82) is 0 Å². The van der Waals surface area contributed by atoms with E-state index < -0.39 is 12.1 Å². The van der Waals surface area contributed by atoms with Crippen LogP contribution in [0.25, 0.3) is 22.2 Å². The summed E-state index contributed by atoms with van der Waals surface area (Å²) in [5, 5.41) is 2.64. The summed E-state index contributed by atoms with van der Waals surface area (Å²) in [6.07, 6.45) is -2.51. The van der Waals surface area contributed by atoms with E-state index in [0.29, 0.717) is 11.4 Å². The maximum Gasteiger partial charge on any atom is 0.471 e. The molecule has 0 aliphatic heterocycles. The topological polar surface area (TPSA) is 67.0 Å². The van der Waals surface area contributed by atoms with E-state index in [-0.39, 0.29) is 5.69 Å². The first kappa shape index (κ1) is 17.8. The molecule has 0 spiro atoms. The van der Waals surface area contributed by atoms with Crippen molar-refractivity contribution in [2.75, 3.05) is 12.4 Å². The number of methoxy groups -OCH3 is 1. The lowest BCUT2D eigenvalue weighted by atomic mass is 10.0. The first-order valence-electron chi connectivity index (χ1n) is 7.86. The van der Waals surface area contributed by atoms with Crippen molar-refractivity contribution in [1.82, 2.24) is 9.97 Å². The lowest BCUT2D eigenvalue weighted by molar-refractivity contribution is -0.167. The third kappa shape index (κ3) is 3.35. The summed E-state index contributed by atoms with van der Waals surface area (Å²) in [5.74, 6) is -1.55. The number of hydrogen-bond donors (Lipinski definition) is 2. The number of fused-ring (bicyclic) bond motifs is 1. The van der Waals surface area contributed by atoms with Crippen LogP contribution in [0.5, 0.6) is 5.88 Å². The van der Waals surface area contributed by atoms with E-state index in [0.717, 1.165) is 28.6 Å². The number of rotatable bonds is 4. The minimum Gasteiger partial charge on any atom is -0.480 e. The smallest absolute Gasteiger partial charge is 0.471 e. The van der Waals surface area contributed by atoms with Crippen LogP contribution in [0.1, 0.15) is 12.5 Å². The van der Waals surface area contributed by atoms with Gasteiger partial charge in [-0.3, -0.25) is 4.79 Å². The average molecular weight is 363 g/mol. The van der Waals surface area contributed by atoms with Gasteiger partial charge >= 0.3 is 12.1 Å². The van der Waals surface area contributed by atoms with Crippen LogP contribution >= 0.6 is 0 Å². The Morgan fingerprint density at radius 2 is 2.04 bits per heavy atom. The predicted molar refractivity (Wildman–Crippen MR) is 92.1 cm³/mol. The number of alkyl halides is 3. The zero-order valence-corrected chi connectivity index (χ0v) is 14.1. The van der Waals surface area contributed by atoms with Crippen LogP contribution in [0.15, 0.2) is 36.5 Å². The molecule has 1 amide bonds. The summed E-state index contributed by atoms with van der Waals surface area (Å²) in [7, 11) is 1.53. The molecule has 0 fully saturated rings. The number of amides is 1. The summed E-state index contributed by atoms with van der Waals surface area (Å²) in [6, 6.07) is 8.26. The monoisotopic (exact) mass is 363 g/mol. The molecule has 1 aromatic carbocycles. The second kappa shape index (κ2) is 6.70. The highest BCUT2D eigenvalue weighted by Gasteiger charge is 2.38. The number of nitrogens with one attached hydrogen (secondary N) is 2. The number of anilines is 1. The number of aromatic nitrogens is 2. The van der Waals surface area contributed by atoms with Gasteiger partial charge in [-0.05, 0) is 36.2 Å². The van der Waals surface area contributed by atoms with Crippen LogP contribution < -0.4 is 10.1 Å². The predicted octanol–water partition coefficient (Wildman–Crippen LogP) is 4.30. The third-order valence-corrected chi connectivity index (χ3v) is 3.98. The normalized spacial score (nSPS) is 11.6. The number of carbonyl (C=O) groups is 1. The molecule has 0 radical (unpaired) electrons. The molecule has 0 aliphatic carbocycles. The van der Waals surface area contributed by atoms with E-state index >= 15 is 0 Å². The van der Waals surface area contributed by atoms with Crippen molar-refractivity contribution < 1.29 is 22.7 Å². The number of aromatic amines is 1. The fraction of sp³-hybridized carbons (Fsp3) is 0.222. The van der Waals surface area contributed by atoms with Gasteiger partial charge in [-0.25, -0.2) is 4.98 Å². The molecule has 0 saturated carbocycles. The van der Waals surface area contributed by atoms with Crippen LogP contribution in [-0.2, 0) is 11.2 Å². The van der Waals surface area contributed by atoms with Crippen LogP contribution in [0.4, 0.5) is 18.9 Å². The van der Waals surface area contributed by atoms with Gasteiger partial charge in [-0.2, -0.15) is 13.2 Å². The van der Waals surface area contributed by atoms with Gasteiger partial charge in [-0.1, -0.05) is 13.0 Å². The molecule has 3 aromatic rings. The Morgan fingerprint density at radius 3 is 2.69 bits per heavy atom. The van der Waals surface area contributed by atoms with Gasteiger partial charge in [0.2, 0.25) is 5.88 Å². The molecule has 5 nitrogen and oxygen atoms in total. The van der Waals surface area contributed by atoms with Crippen molar-refractivity contribution in [3.8, 4) is 17.1 Å². The molecule has 8 heteroatoms. The minimum absolute atomic E-state index is 0.0575. The Hall–Kier alpha value is -3.03. The van der Waals surface area contributed by atoms with Crippen LogP contribution in [0, 0.1) is 0 Å². The maximum absolute atomic E-state index is 12.4. The third-order valence-electron chi connectivity index (χ3n) is 3.98. The number of aryl methyl sites for hydroxylation is 1. The number of hydrogen-bond acceptors (Lipinski definition) is 3. The van der Waals surface area contributed by atoms with Gasteiger partial charge in [0.05, 0.1) is 18.4 Å². The molecule has 0 saturated heterocycles. The van der Waals surface area contributed by atoms with E-state index in [1.54, 1.807) is 12.3 Å². The Kier molecular flexibility index (Phi) is 4.58. The Morgan fingerprint density at radius 1 is 1.27 bits per heavy atom. The number of halogens is 3. The molecule has 0 unspecified atom stereocenters. The van der Waals surface area contributed by atoms with E-state index in [1.807, 2.05) is 24.4 Å². The molecule has 3 rings (SSSR count). The molecule has 2 heterocycles. The fourth-order valence-electron chi connectivity index (χ4n) is 2.76. The van der Waals surface area contributed by atoms with Gasteiger partial charge in [0.1, 0.15) is 0 Å². The summed E-state index contributed by atoms with van der Waals surface area (Å²) >= 11 is 0. The molecule has 2 N–H and O–H groups in total. The molecular weight excluding hydrogens is 347 g/mol. The van der Waals surface area contributed by atoms with Crippen LogP contribution in [-0.4, -0.2) is 29.2 Å². The molecule has 0 aliphatic rings. The van der Waals surface area contributed by atoms with Crippen molar-refractivity contribution >= 4 is 22.5 Å². The highest BCUT2D eigenvalue weighted by atomic mass is 19.4.